The molecule has 0 bridgehead atoms. The van der Waals surface area contributed by atoms with Gasteiger partial charge in [0.05, 0.1) is 19.3 Å². The number of carbonyl (C=O) groups is 1. The SMILES string of the molecule is Cc1cccc(Cn2cnc3c(cnn3CCNC(=O)CC3CCCC3)c2=O)c1. The number of fused-ring (bicyclic) bond motifs is 1. The summed E-state index contributed by atoms with van der Waals surface area (Å²) in [6.45, 7) is 3.49. The topological polar surface area (TPSA) is 81.8 Å². The fourth-order valence-corrected chi connectivity index (χ4v) is 4.13. The van der Waals surface area contributed by atoms with Gasteiger partial charge in [0.2, 0.25) is 5.91 Å². The van der Waals surface area contributed by atoms with E-state index in [9.17, 15) is 9.59 Å². The lowest BCUT2D eigenvalue weighted by Crippen LogP contribution is -2.29. The van der Waals surface area contributed by atoms with E-state index < -0.39 is 0 Å². The van der Waals surface area contributed by atoms with Crippen molar-refractivity contribution in [1.82, 2.24) is 24.6 Å². The van der Waals surface area contributed by atoms with Gasteiger partial charge >= 0.3 is 0 Å². The summed E-state index contributed by atoms with van der Waals surface area (Å²) in [6, 6.07) is 8.08. The molecule has 7 nitrogen and oxygen atoms in total. The van der Waals surface area contributed by atoms with E-state index in [0.29, 0.717) is 43.0 Å². The number of nitrogens with zero attached hydrogens (tertiary/aromatic N) is 4. The first-order valence-corrected chi connectivity index (χ1v) is 10.3. The van der Waals surface area contributed by atoms with Crippen LogP contribution < -0.4 is 10.9 Å². The van der Waals surface area contributed by atoms with Crippen LogP contribution in [-0.2, 0) is 17.9 Å². The van der Waals surface area contributed by atoms with Crippen molar-refractivity contribution in [2.24, 2.45) is 5.92 Å². The summed E-state index contributed by atoms with van der Waals surface area (Å²) < 4.78 is 3.29. The third kappa shape index (κ3) is 4.55. The van der Waals surface area contributed by atoms with Gasteiger partial charge in [0, 0.05) is 13.0 Å². The van der Waals surface area contributed by atoms with Gasteiger partial charge in [-0.25, -0.2) is 9.67 Å². The predicted octanol–water partition coefficient (Wildman–Crippen LogP) is 2.65. The van der Waals surface area contributed by atoms with Crippen molar-refractivity contribution in [3.63, 3.8) is 0 Å². The van der Waals surface area contributed by atoms with Crippen LogP contribution in [0.2, 0.25) is 0 Å². The number of hydrogen-bond donors (Lipinski definition) is 1. The van der Waals surface area contributed by atoms with Crippen LogP contribution in [0.4, 0.5) is 0 Å². The number of amides is 1. The molecule has 29 heavy (non-hydrogen) atoms. The zero-order valence-corrected chi connectivity index (χ0v) is 16.8. The number of nitrogens with one attached hydrogen (secondary N) is 1. The molecule has 1 N–H and O–H groups in total. The molecule has 0 atom stereocenters. The second kappa shape index (κ2) is 8.59. The van der Waals surface area contributed by atoms with Crippen molar-refractivity contribution in [1.29, 1.82) is 0 Å². The van der Waals surface area contributed by atoms with Gasteiger partial charge in [0.15, 0.2) is 5.65 Å². The Kier molecular flexibility index (Phi) is 5.74. The van der Waals surface area contributed by atoms with Crippen LogP contribution in [0.15, 0.2) is 41.6 Å². The van der Waals surface area contributed by atoms with E-state index in [4.69, 9.17) is 0 Å². The number of aromatic nitrogens is 4. The fraction of sp³-hybridized carbons (Fsp3) is 0.455. The monoisotopic (exact) mass is 393 g/mol. The molecule has 152 valence electrons. The number of hydrogen-bond acceptors (Lipinski definition) is 4. The van der Waals surface area contributed by atoms with Gasteiger partial charge in [-0.3, -0.25) is 14.2 Å². The number of rotatable bonds is 7. The lowest BCUT2D eigenvalue weighted by Gasteiger charge is -2.10. The largest absolute Gasteiger partial charge is 0.354 e. The highest BCUT2D eigenvalue weighted by molar-refractivity contribution is 5.76. The lowest BCUT2D eigenvalue weighted by atomic mass is 10.0. The normalized spacial score (nSPS) is 14.5. The van der Waals surface area contributed by atoms with Gasteiger partial charge in [-0.05, 0) is 31.2 Å². The summed E-state index contributed by atoms with van der Waals surface area (Å²) in [5.41, 5.74) is 2.67. The maximum atomic E-state index is 12.8. The van der Waals surface area contributed by atoms with Crippen LogP contribution in [0.3, 0.4) is 0 Å². The van der Waals surface area contributed by atoms with Crippen molar-refractivity contribution in [3.05, 3.63) is 58.3 Å². The van der Waals surface area contributed by atoms with Crippen molar-refractivity contribution < 1.29 is 4.79 Å². The molecule has 1 aromatic carbocycles. The van der Waals surface area contributed by atoms with Crippen LogP contribution in [0.1, 0.15) is 43.2 Å². The van der Waals surface area contributed by atoms with E-state index in [-0.39, 0.29) is 11.5 Å². The molecule has 7 heteroatoms. The van der Waals surface area contributed by atoms with E-state index in [0.717, 1.165) is 24.0 Å². The summed E-state index contributed by atoms with van der Waals surface area (Å²) in [4.78, 5) is 29.3. The Bertz CT molecular complexity index is 1060. The summed E-state index contributed by atoms with van der Waals surface area (Å²) in [6.07, 6.45) is 8.56. The average Bonchev–Trinajstić information content (AvgIpc) is 3.34. The van der Waals surface area contributed by atoms with Crippen molar-refractivity contribution >= 4 is 16.9 Å². The molecule has 0 aliphatic heterocycles. The molecule has 1 aliphatic carbocycles. The van der Waals surface area contributed by atoms with Crippen molar-refractivity contribution in [2.75, 3.05) is 6.54 Å². The van der Waals surface area contributed by atoms with E-state index in [1.54, 1.807) is 21.8 Å². The minimum atomic E-state index is -0.104. The van der Waals surface area contributed by atoms with Gasteiger partial charge < -0.3 is 5.32 Å². The molecule has 1 amide bonds. The average molecular weight is 393 g/mol. The Morgan fingerprint density at radius 3 is 2.90 bits per heavy atom. The first-order chi connectivity index (χ1) is 14.1. The molecule has 0 saturated heterocycles. The third-order valence-corrected chi connectivity index (χ3v) is 5.65. The van der Waals surface area contributed by atoms with Crippen molar-refractivity contribution in [3.8, 4) is 0 Å². The number of aryl methyl sites for hydroxylation is 1. The molecule has 2 aromatic heterocycles. The molecule has 0 radical (unpaired) electrons. The molecule has 1 saturated carbocycles. The highest BCUT2D eigenvalue weighted by atomic mass is 16.1. The van der Waals surface area contributed by atoms with Gasteiger partial charge in [-0.2, -0.15) is 5.10 Å². The molecule has 0 unspecified atom stereocenters. The van der Waals surface area contributed by atoms with E-state index in [2.05, 4.69) is 21.5 Å². The van der Waals surface area contributed by atoms with Gasteiger partial charge in [0.1, 0.15) is 11.7 Å². The highest BCUT2D eigenvalue weighted by Gasteiger charge is 2.18. The van der Waals surface area contributed by atoms with Crippen molar-refractivity contribution in [2.45, 2.75) is 52.1 Å². The molecule has 4 rings (SSSR count). The van der Waals surface area contributed by atoms with Crippen LogP contribution in [0.5, 0.6) is 0 Å². The zero-order chi connectivity index (χ0) is 20.2. The first kappa shape index (κ1) is 19.4. The molecular formula is C22H27N5O2. The summed E-state index contributed by atoms with van der Waals surface area (Å²) in [5.74, 6) is 0.635. The Morgan fingerprint density at radius 1 is 1.28 bits per heavy atom. The molecule has 0 spiro atoms. The Balaban J connectivity index is 1.40. The Hall–Kier alpha value is -2.96. The summed E-state index contributed by atoms with van der Waals surface area (Å²) in [7, 11) is 0. The summed E-state index contributed by atoms with van der Waals surface area (Å²) in [5, 5.41) is 7.77. The quantitative estimate of drug-likeness (QED) is 0.669. The number of carbonyl (C=O) groups excluding carboxylic acids is 1. The molecular weight excluding hydrogens is 366 g/mol. The minimum Gasteiger partial charge on any atom is -0.354 e. The maximum Gasteiger partial charge on any atom is 0.264 e. The van der Waals surface area contributed by atoms with Gasteiger partial charge in [-0.1, -0.05) is 42.7 Å². The van der Waals surface area contributed by atoms with Crippen LogP contribution in [-0.4, -0.2) is 31.8 Å². The lowest BCUT2D eigenvalue weighted by molar-refractivity contribution is -0.122. The molecule has 1 aliphatic rings. The first-order valence-electron chi connectivity index (χ1n) is 10.3. The molecule has 3 aromatic rings. The molecule has 2 heterocycles. The van der Waals surface area contributed by atoms with Crippen LogP contribution in [0.25, 0.3) is 11.0 Å². The van der Waals surface area contributed by atoms with Crippen LogP contribution in [0, 0.1) is 12.8 Å². The van der Waals surface area contributed by atoms with E-state index >= 15 is 0 Å². The van der Waals surface area contributed by atoms with Crippen LogP contribution >= 0.6 is 0 Å². The second-order valence-electron chi connectivity index (χ2n) is 7.98. The third-order valence-electron chi connectivity index (χ3n) is 5.65. The maximum absolute atomic E-state index is 12.8. The Labute approximate surface area is 169 Å². The predicted molar refractivity (Wildman–Crippen MR) is 112 cm³/mol. The summed E-state index contributed by atoms with van der Waals surface area (Å²) >= 11 is 0. The smallest absolute Gasteiger partial charge is 0.264 e. The standard InChI is InChI=1S/C22H27N5O2/c1-16-5-4-8-18(11-16)14-26-15-24-21-19(22(26)29)13-25-27(21)10-9-23-20(28)12-17-6-2-3-7-17/h4-5,8,11,13,15,17H,2-3,6-7,9-10,12,14H2,1H3,(H,23,28). The van der Waals surface area contributed by atoms with E-state index in [1.165, 1.54) is 12.8 Å². The highest BCUT2D eigenvalue weighted by Crippen LogP contribution is 2.27. The number of benzene rings is 1. The van der Waals surface area contributed by atoms with E-state index in [1.807, 2.05) is 25.1 Å². The van der Waals surface area contributed by atoms with Gasteiger partial charge in [0.25, 0.3) is 5.56 Å². The fourth-order valence-electron chi connectivity index (χ4n) is 4.13. The Morgan fingerprint density at radius 2 is 2.10 bits per heavy atom. The second-order valence-corrected chi connectivity index (χ2v) is 7.98. The zero-order valence-electron chi connectivity index (χ0n) is 16.8. The molecule has 1 fully saturated rings. The minimum absolute atomic E-state index is 0.0989. The van der Waals surface area contributed by atoms with Gasteiger partial charge in [-0.15, -0.1) is 0 Å².